The third-order valence-electron chi connectivity index (χ3n) is 4.31. The summed E-state index contributed by atoms with van der Waals surface area (Å²) in [7, 11) is 0. The van der Waals surface area contributed by atoms with Gasteiger partial charge in [0.15, 0.2) is 0 Å². The van der Waals surface area contributed by atoms with E-state index in [4.69, 9.17) is 0 Å². The van der Waals surface area contributed by atoms with Crippen molar-refractivity contribution < 1.29 is 9.18 Å². The maximum atomic E-state index is 13.0. The molecule has 0 fully saturated rings. The van der Waals surface area contributed by atoms with E-state index in [9.17, 15) is 9.18 Å². The number of aromatic nitrogens is 2. The van der Waals surface area contributed by atoms with E-state index in [1.54, 1.807) is 18.3 Å². The zero-order valence-electron chi connectivity index (χ0n) is 15.1. The number of benzene rings is 2. The molecular formula is C21H17FN4OS. The van der Waals surface area contributed by atoms with Crippen molar-refractivity contribution in [3.63, 3.8) is 0 Å². The molecule has 4 aromatic rings. The second-order valence-corrected chi connectivity index (χ2v) is 7.19. The van der Waals surface area contributed by atoms with Crippen LogP contribution in [0.5, 0.6) is 0 Å². The lowest BCUT2D eigenvalue weighted by Crippen LogP contribution is -2.20. The predicted molar refractivity (Wildman–Crippen MR) is 110 cm³/mol. The number of nitrogens with zero attached hydrogens (tertiary/aromatic N) is 2. The molecule has 0 unspecified atom stereocenters. The molecule has 0 saturated heterocycles. The molecule has 0 spiro atoms. The molecule has 5 nitrogen and oxygen atoms in total. The summed E-state index contributed by atoms with van der Waals surface area (Å²) >= 11 is 1.42. The van der Waals surface area contributed by atoms with Gasteiger partial charge in [0.25, 0.3) is 0 Å². The van der Waals surface area contributed by atoms with Crippen LogP contribution in [-0.2, 0) is 11.2 Å². The number of aromatic amines is 1. The minimum atomic E-state index is -0.289. The Balaban J connectivity index is 1.40. The zero-order chi connectivity index (χ0) is 19.5. The summed E-state index contributed by atoms with van der Waals surface area (Å²) in [6.07, 6.45) is 1.78. The molecular weight excluding hydrogens is 375 g/mol. The minimum Gasteiger partial charge on any atom is -0.358 e. The Bertz CT molecular complexity index is 1160. The molecule has 0 aliphatic rings. The largest absolute Gasteiger partial charge is 0.358 e. The summed E-state index contributed by atoms with van der Waals surface area (Å²) in [4.78, 5) is 19.9. The van der Waals surface area contributed by atoms with Crippen LogP contribution in [0.1, 0.15) is 17.0 Å². The molecule has 2 N–H and O–H groups in total. The number of para-hydroxylation sites is 1. The fourth-order valence-electron chi connectivity index (χ4n) is 2.95. The van der Waals surface area contributed by atoms with Gasteiger partial charge in [-0.2, -0.15) is 5.10 Å². The van der Waals surface area contributed by atoms with Gasteiger partial charge in [-0.15, -0.1) is 11.3 Å². The van der Waals surface area contributed by atoms with Gasteiger partial charge in [0.05, 0.1) is 18.3 Å². The average Bonchev–Trinajstić information content (AvgIpc) is 3.27. The van der Waals surface area contributed by atoms with Gasteiger partial charge in [0.2, 0.25) is 5.91 Å². The number of fused-ring (bicyclic) bond motifs is 1. The number of aryl methyl sites for hydroxylation is 1. The van der Waals surface area contributed by atoms with E-state index in [0.717, 1.165) is 32.7 Å². The highest BCUT2D eigenvalue weighted by Gasteiger charge is 2.09. The summed E-state index contributed by atoms with van der Waals surface area (Å²) in [6, 6.07) is 14.1. The van der Waals surface area contributed by atoms with Gasteiger partial charge in [-0.1, -0.05) is 18.2 Å². The molecule has 140 valence electrons. The van der Waals surface area contributed by atoms with Crippen LogP contribution in [0.25, 0.3) is 21.5 Å². The van der Waals surface area contributed by atoms with E-state index in [2.05, 4.69) is 20.5 Å². The van der Waals surface area contributed by atoms with Crippen LogP contribution in [-0.4, -0.2) is 22.1 Å². The molecule has 0 aliphatic heterocycles. The van der Waals surface area contributed by atoms with E-state index < -0.39 is 0 Å². The summed E-state index contributed by atoms with van der Waals surface area (Å²) in [5, 5.41) is 7.72. The number of hydrogen-bond donors (Lipinski definition) is 2. The van der Waals surface area contributed by atoms with Crippen LogP contribution < -0.4 is 5.43 Å². The molecule has 1 amide bonds. The number of hydrogen-bond acceptors (Lipinski definition) is 4. The lowest BCUT2D eigenvalue weighted by molar-refractivity contribution is -0.120. The highest BCUT2D eigenvalue weighted by Crippen LogP contribution is 2.24. The highest BCUT2D eigenvalue weighted by molar-refractivity contribution is 7.13. The first kappa shape index (κ1) is 18.1. The van der Waals surface area contributed by atoms with Crippen molar-refractivity contribution in [1.82, 2.24) is 15.4 Å². The van der Waals surface area contributed by atoms with Gasteiger partial charge in [-0.25, -0.2) is 14.8 Å². The quantitative estimate of drug-likeness (QED) is 0.390. The summed E-state index contributed by atoms with van der Waals surface area (Å²) < 4.78 is 13.0. The van der Waals surface area contributed by atoms with Crippen molar-refractivity contribution in [2.45, 2.75) is 13.3 Å². The molecule has 0 saturated carbocycles. The van der Waals surface area contributed by atoms with Crippen molar-refractivity contribution in [1.29, 1.82) is 0 Å². The molecule has 0 radical (unpaired) electrons. The minimum absolute atomic E-state index is 0.127. The van der Waals surface area contributed by atoms with Crippen LogP contribution in [0.3, 0.4) is 0 Å². The van der Waals surface area contributed by atoms with Crippen LogP contribution >= 0.6 is 11.3 Å². The second kappa shape index (κ2) is 7.74. The Morgan fingerprint density at radius 3 is 2.86 bits per heavy atom. The van der Waals surface area contributed by atoms with Gasteiger partial charge < -0.3 is 4.98 Å². The monoisotopic (exact) mass is 392 g/mol. The third kappa shape index (κ3) is 3.84. The molecule has 7 heteroatoms. The van der Waals surface area contributed by atoms with Gasteiger partial charge in [0.1, 0.15) is 10.8 Å². The number of carbonyl (C=O) groups excluding carboxylic acids is 1. The second-order valence-electron chi connectivity index (χ2n) is 6.33. The Morgan fingerprint density at radius 1 is 1.25 bits per heavy atom. The average molecular weight is 392 g/mol. The molecule has 2 aromatic heterocycles. The SMILES string of the molecule is Cc1[nH]c2ccccc2c1/C=N/NC(=O)Cc1csc(-c2ccc(F)cc2)n1. The summed E-state index contributed by atoms with van der Waals surface area (Å²) in [5.74, 6) is -0.534. The Kier molecular flexibility index (Phi) is 4.99. The fourth-order valence-corrected chi connectivity index (χ4v) is 3.78. The van der Waals surface area contributed by atoms with Crippen LogP contribution in [0.15, 0.2) is 59.0 Å². The standard InChI is InChI=1S/C21H17FN4OS/c1-13-18(17-4-2-3-5-19(17)24-13)11-23-26-20(27)10-16-12-28-21(25-16)14-6-8-15(22)9-7-14/h2-9,11-12,24H,10H2,1H3,(H,26,27)/b23-11+. The fraction of sp³-hybridized carbons (Fsp3) is 0.0952. The van der Waals surface area contributed by atoms with Gasteiger partial charge in [0, 0.05) is 33.1 Å². The van der Waals surface area contributed by atoms with E-state index in [1.807, 2.05) is 36.6 Å². The summed E-state index contributed by atoms with van der Waals surface area (Å²) in [6.45, 7) is 1.97. The lowest BCUT2D eigenvalue weighted by Gasteiger charge is -1.98. The topological polar surface area (TPSA) is 70.1 Å². The number of thiazole rings is 1. The number of halogens is 1. The third-order valence-corrected chi connectivity index (χ3v) is 5.25. The smallest absolute Gasteiger partial charge is 0.246 e. The van der Waals surface area contributed by atoms with Crippen molar-refractivity contribution in [2.75, 3.05) is 0 Å². The van der Waals surface area contributed by atoms with Crippen molar-refractivity contribution in [2.24, 2.45) is 5.10 Å². The zero-order valence-corrected chi connectivity index (χ0v) is 15.9. The van der Waals surface area contributed by atoms with Crippen molar-refractivity contribution in [3.8, 4) is 10.6 Å². The van der Waals surface area contributed by atoms with Gasteiger partial charge in [-0.05, 0) is 37.3 Å². The van der Waals surface area contributed by atoms with Gasteiger partial charge in [-0.3, -0.25) is 4.79 Å². The van der Waals surface area contributed by atoms with Gasteiger partial charge >= 0.3 is 0 Å². The molecule has 0 aliphatic carbocycles. The predicted octanol–water partition coefficient (Wildman–Crippen LogP) is 4.43. The van der Waals surface area contributed by atoms with Crippen LogP contribution in [0, 0.1) is 12.7 Å². The summed E-state index contributed by atoms with van der Waals surface area (Å²) in [5.41, 5.74) is 6.99. The highest BCUT2D eigenvalue weighted by atomic mass is 32.1. The first-order chi connectivity index (χ1) is 13.6. The van der Waals surface area contributed by atoms with Crippen molar-refractivity contribution >= 4 is 34.4 Å². The lowest BCUT2D eigenvalue weighted by atomic mass is 10.1. The van der Waals surface area contributed by atoms with E-state index in [0.29, 0.717) is 5.69 Å². The van der Waals surface area contributed by atoms with E-state index >= 15 is 0 Å². The molecule has 0 atom stereocenters. The van der Waals surface area contributed by atoms with Crippen molar-refractivity contribution in [3.05, 3.63) is 76.7 Å². The number of H-pyrrole nitrogens is 1. The van der Waals surface area contributed by atoms with E-state index in [1.165, 1.54) is 23.5 Å². The Labute approximate surface area is 164 Å². The normalized spacial score (nSPS) is 11.4. The van der Waals surface area contributed by atoms with E-state index in [-0.39, 0.29) is 18.1 Å². The molecule has 28 heavy (non-hydrogen) atoms. The number of carbonyl (C=O) groups is 1. The first-order valence-corrected chi connectivity index (χ1v) is 9.57. The first-order valence-electron chi connectivity index (χ1n) is 8.70. The number of nitrogens with one attached hydrogen (secondary N) is 2. The molecule has 0 bridgehead atoms. The maximum Gasteiger partial charge on any atom is 0.246 e. The number of hydrazone groups is 1. The maximum absolute atomic E-state index is 13.0. The Hall–Kier alpha value is -3.32. The number of rotatable bonds is 5. The molecule has 2 aromatic carbocycles. The number of amides is 1. The van der Waals surface area contributed by atoms with Crippen LogP contribution in [0.2, 0.25) is 0 Å². The van der Waals surface area contributed by atoms with Crippen LogP contribution in [0.4, 0.5) is 4.39 Å². The molecule has 2 heterocycles. The molecule has 4 rings (SSSR count). The Morgan fingerprint density at radius 2 is 2.04 bits per heavy atom.